The second kappa shape index (κ2) is 3.53. The zero-order valence-corrected chi connectivity index (χ0v) is 7.55. The lowest BCUT2D eigenvalue weighted by Gasteiger charge is -2.06. The largest absolute Gasteiger partial charge is 0.496 e. The lowest BCUT2D eigenvalue weighted by Crippen LogP contribution is -2.00. The van der Waals surface area contributed by atoms with Gasteiger partial charge < -0.3 is 9.84 Å². The summed E-state index contributed by atoms with van der Waals surface area (Å²) >= 11 is 5.58. The van der Waals surface area contributed by atoms with Gasteiger partial charge in [0.25, 0.3) is 0 Å². The first-order valence-corrected chi connectivity index (χ1v) is 3.76. The highest BCUT2D eigenvalue weighted by molar-refractivity contribution is 6.33. The molecule has 0 atom stereocenters. The lowest BCUT2D eigenvalue weighted by atomic mass is 10.2. The first kappa shape index (κ1) is 9.67. The first-order valence-electron chi connectivity index (χ1n) is 3.38. The molecule has 0 aliphatic rings. The predicted octanol–water partition coefficient (Wildman–Crippen LogP) is 1.96. The Morgan fingerprint density at radius 3 is 2.69 bits per heavy atom. The quantitative estimate of drug-likeness (QED) is 0.793. The van der Waals surface area contributed by atoms with Crippen molar-refractivity contribution in [2.45, 2.75) is 0 Å². The maximum atomic E-state index is 10.6. The van der Waals surface area contributed by atoms with Gasteiger partial charge in [0, 0.05) is 6.07 Å². The summed E-state index contributed by atoms with van der Waals surface area (Å²) in [4.78, 5) is 10.6. The summed E-state index contributed by atoms with van der Waals surface area (Å²) in [6.07, 6.45) is 0. The van der Waals surface area contributed by atoms with Gasteiger partial charge >= 0.3 is 5.97 Å². The van der Waals surface area contributed by atoms with Gasteiger partial charge in [0.05, 0.1) is 17.8 Å². The van der Waals surface area contributed by atoms with Crippen molar-refractivity contribution in [3.63, 3.8) is 0 Å². The van der Waals surface area contributed by atoms with Gasteiger partial charge in [-0.05, 0) is 6.07 Å². The zero-order chi connectivity index (χ0) is 10.0. The smallest absolute Gasteiger partial charge is 0.339 e. The summed E-state index contributed by atoms with van der Waals surface area (Å²) in [6.45, 7) is 0. The van der Waals surface area contributed by atoms with E-state index in [-0.39, 0.29) is 22.0 Å². The number of methoxy groups -OCH3 is 1. The summed E-state index contributed by atoms with van der Waals surface area (Å²) < 4.78 is 4.78. The number of ether oxygens (including phenoxy) is 1. The van der Waals surface area contributed by atoms with E-state index < -0.39 is 5.97 Å². The van der Waals surface area contributed by atoms with Crippen LogP contribution in [0, 0.1) is 0 Å². The minimum absolute atomic E-state index is 0.0384. The standard InChI is InChI=1S/C8H7ClNO3/c1-13-7-3-6(10)5(9)2-4(7)8(11)12/h2-3,10H,1H3,(H,11,12). The van der Waals surface area contributed by atoms with Crippen LogP contribution in [0.15, 0.2) is 12.1 Å². The Morgan fingerprint density at radius 2 is 2.23 bits per heavy atom. The molecule has 0 aliphatic carbocycles. The van der Waals surface area contributed by atoms with Crippen LogP contribution >= 0.6 is 11.6 Å². The van der Waals surface area contributed by atoms with E-state index in [0.717, 1.165) is 0 Å². The molecule has 0 bridgehead atoms. The molecule has 1 radical (unpaired) electrons. The van der Waals surface area contributed by atoms with E-state index in [4.69, 9.17) is 27.2 Å². The molecule has 0 heterocycles. The van der Waals surface area contributed by atoms with Crippen LogP contribution in [0.3, 0.4) is 0 Å². The van der Waals surface area contributed by atoms with Crippen LogP contribution in [-0.2, 0) is 0 Å². The van der Waals surface area contributed by atoms with Crippen LogP contribution in [0.4, 0.5) is 5.69 Å². The topological polar surface area (TPSA) is 70.3 Å². The fourth-order valence-electron chi connectivity index (χ4n) is 0.889. The summed E-state index contributed by atoms with van der Waals surface area (Å²) in [5.74, 6) is -0.986. The van der Waals surface area contributed by atoms with Crippen molar-refractivity contribution in [2.75, 3.05) is 7.11 Å². The van der Waals surface area contributed by atoms with Crippen molar-refractivity contribution >= 4 is 23.3 Å². The minimum Gasteiger partial charge on any atom is -0.496 e. The SMILES string of the molecule is COc1cc([NH])c(Cl)cc1C(=O)O. The molecule has 1 rings (SSSR count). The summed E-state index contributed by atoms with van der Waals surface area (Å²) in [6, 6.07) is 2.47. The average molecular weight is 201 g/mol. The van der Waals surface area contributed by atoms with E-state index >= 15 is 0 Å². The van der Waals surface area contributed by atoms with E-state index in [0.29, 0.717) is 0 Å². The molecule has 0 amide bonds. The molecule has 4 nitrogen and oxygen atoms in total. The molecule has 2 N–H and O–H groups in total. The predicted molar refractivity (Wildman–Crippen MR) is 47.7 cm³/mol. The normalized spacial score (nSPS) is 9.69. The number of benzene rings is 1. The second-order valence-electron chi connectivity index (χ2n) is 2.34. The van der Waals surface area contributed by atoms with Crippen molar-refractivity contribution in [1.29, 1.82) is 0 Å². The molecule has 0 aliphatic heterocycles. The third kappa shape index (κ3) is 1.84. The number of nitrogens with one attached hydrogen (secondary N) is 1. The van der Waals surface area contributed by atoms with Gasteiger partial charge in [-0.2, -0.15) is 0 Å². The van der Waals surface area contributed by atoms with Crippen LogP contribution < -0.4 is 10.5 Å². The molecule has 1 aromatic rings. The van der Waals surface area contributed by atoms with Gasteiger partial charge in [-0.3, -0.25) is 5.73 Å². The van der Waals surface area contributed by atoms with E-state index in [1.165, 1.54) is 19.2 Å². The third-order valence-corrected chi connectivity index (χ3v) is 1.83. The highest BCUT2D eigenvalue weighted by Crippen LogP contribution is 2.29. The van der Waals surface area contributed by atoms with Crippen molar-refractivity contribution < 1.29 is 14.6 Å². The monoisotopic (exact) mass is 200 g/mol. The molecule has 0 saturated carbocycles. The van der Waals surface area contributed by atoms with Crippen LogP contribution in [0.5, 0.6) is 5.75 Å². The van der Waals surface area contributed by atoms with Crippen LogP contribution in [-0.4, -0.2) is 18.2 Å². The van der Waals surface area contributed by atoms with Crippen molar-refractivity contribution in [3.8, 4) is 5.75 Å². The van der Waals surface area contributed by atoms with Crippen molar-refractivity contribution in [3.05, 3.63) is 22.7 Å². The summed E-state index contributed by atoms with van der Waals surface area (Å²) in [7, 11) is 1.34. The van der Waals surface area contributed by atoms with E-state index in [2.05, 4.69) is 0 Å². The Kier molecular flexibility index (Phi) is 2.63. The maximum Gasteiger partial charge on any atom is 0.339 e. The number of aromatic carboxylic acids is 1. The minimum atomic E-state index is -1.13. The van der Waals surface area contributed by atoms with Crippen LogP contribution in [0.2, 0.25) is 5.02 Å². The first-order chi connectivity index (χ1) is 6.06. The Labute approximate surface area is 79.9 Å². The summed E-state index contributed by atoms with van der Waals surface area (Å²) in [5, 5.41) is 8.81. The van der Waals surface area contributed by atoms with Gasteiger partial charge in [0.15, 0.2) is 0 Å². The van der Waals surface area contributed by atoms with Gasteiger partial charge in [0.1, 0.15) is 11.3 Å². The molecule has 5 heteroatoms. The molecular formula is C8H7ClNO3. The van der Waals surface area contributed by atoms with E-state index in [1.54, 1.807) is 0 Å². The fourth-order valence-corrected chi connectivity index (χ4v) is 1.05. The summed E-state index contributed by atoms with van der Waals surface area (Å²) in [5.41, 5.74) is 7.30. The van der Waals surface area contributed by atoms with Gasteiger partial charge in [-0.15, -0.1) is 0 Å². The highest BCUT2D eigenvalue weighted by atomic mass is 35.5. The Morgan fingerprint density at radius 1 is 1.62 bits per heavy atom. The zero-order valence-electron chi connectivity index (χ0n) is 6.80. The van der Waals surface area contributed by atoms with Crippen molar-refractivity contribution in [1.82, 2.24) is 5.73 Å². The molecule has 0 unspecified atom stereocenters. The van der Waals surface area contributed by atoms with Gasteiger partial charge in [-0.25, -0.2) is 4.79 Å². The Bertz CT molecular complexity index is 351. The average Bonchev–Trinajstić information content (AvgIpc) is 2.08. The molecule has 69 valence electrons. The molecule has 0 spiro atoms. The maximum absolute atomic E-state index is 10.6. The molecule has 13 heavy (non-hydrogen) atoms. The van der Waals surface area contributed by atoms with Gasteiger partial charge in [0.2, 0.25) is 0 Å². The van der Waals surface area contributed by atoms with Crippen LogP contribution in [0.1, 0.15) is 10.4 Å². The third-order valence-electron chi connectivity index (χ3n) is 1.52. The number of carbonyl (C=O) groups is 1. The fraction of sp³-hybridized carbons (Fsp3) is 0.125. The van der Waals surface area contributed by atoms with E-state index in [9.17, 15) is 4.79 Å². The molecule has 0 fully saturated rings. The Hall–Kier alpha value is -1.42. The van der Waals surface area contributed by atoms with E-state index in [1.807, 2.05) is 0 Å². The van der Waals surface area contributed by atoms with Gasteiger partial charge in [-0.1, -0.05) is 11.6 Å². The lowest BCUT2D eigenvalue weighted by molar-refractivity contribution is 0.0693. The Balaban J connectivity index is 3.33. The molecule has 0 saturated heterocycles. The number of carboxylic acid groups (broad SMARTS) is 1. The molecule has 0 aromatic heterocycles. The van der Waals surface area contributed by atoms with Crippen molar-refractivity contribution in [2.24, 2.45) is 0 Å². The second-order valence-corrected chi connectivity index (χ2v) is 2.74. The number of hydrogen-bond acceptors (Lipinski definition) is 2. The number of carboxylic acids is 1. The number of halogens is 1. The highest BCUT2D eigenvalue weighted by Gasteiger charge is 2.13. The van der Waals surface area contributed by atoms with Crippen LogP contribution in [0.25, 0.3) is 0 Å². The number of rotatable bonds is 2. The molecular weight excluding hydrogens is 194 g/mol. The molecule has 1 aromatic carbocycles. The number of hydrogen-bond donors (Lipinski definition) is 1.